The van der Waals surface area contributed by atoms with Crippen molar-refractivity contribution in [2.45, 2.75) is 37.4 Å². The molecule has 1 aromatic carbocycles. The number of rotatable bonds is 6. The van der Waals surface area contributed by atoms with Crippen molar-refractivity contribution in [2.24, 2.45) is 0 Å². The van der Waals surface area contributed by atoms with E-state index in [4.69, 9.17) is 9.84 Å². The van der Waals surface area contributed by atoms with Crippen molar-refractivity contribution in [3.63, 3.8) is 0 Å². The van der Waals surface area contributed by atoms with Crippen LogP contribution in [0, 0.1) is 0 Å². The summed E-state index contributed by atoms with van der Waals surface area (Å²) in [6.07, 6.45) is 5.78. The Kier molecular flexibility index (Phi) is 5.59. The SMILES string of the molecule is O=C(O)c1ccc(OCCS(=O)C2CCCCC2)cc1. The van der Waals surface area contributed by atoms with E-state index in [1.807, 2.05) is 0 Å². The monoisotopic (exact) mass is 296 g/mol. The average molecular weight is 296 g/mol. The zero-order valence-corrected chi connectivity index (χ0v) is 12.2. The second-order valence-corrected chi connectivity index (χ2v) is 6.86. The number of ether oxygens (including phenoxy) is 1. The Morgan fingerprint density at radius 3 is 2.45 bits per heavy atom. The summed E-state index contributed by atoms with van der Waals surface area (Å²) in [6, 6.07) is 6.28. The summed E-state index contributed by atoms with van der Waals surface area (Å²) in [5.41, 5.74) is 0.239. The Balaban J connectivity index is 1.74. The van der Waals surface area contributed by atoms with Crippen molar-refractivity contribution in [1.82, 2.24) is 0 Å². The van der Waals surface area contributed by atoms with Gasteiger partial charge in [-0.2, -0.15) is 0 Å². The molecule has 1 aliphatic carbocycles. The van der Waals surface area contributed by atoms with Crippen LogP contribution in [0.3, 0.4) is 0 Å². The molecule has 1 unspecified atom stereocenters. The summed E-state index contributed by atoms with van der Waals surface area (Å²) in [4.78, 5) is 10.7. The number of carbonyl (C=O) groups is 1. The molecule has 1 saturated carbocycles. The molecule has 1 aliphatic rings. The van der Waals surface area contributed by atoms with Crippen molar-refractivity contribution < 1.29 is 18.8 Å². The van der Waals surface area contributed by atoms with Crippen LogP contribution in [0.2, 0.25) is 0 Å². The molecule has 0 aromatic heterocycles. The molecule has 110 valence electrons. The number of hydrogen-bond acceptors (Lipinski definition) is 3. The molecule has 5 heteroatoms. The van der Waals surface area contributed by atoms with Gasteiger partial charge in [0.05, 0.1) is 17.9 Å². The van der Waals surface area contributed by atoms with E-state index >= 15 is 0 Å². The quantitative estimate of drug-likeness (QED) is 0.876. The molecule has 1 fully saturated rings. The van der Waals surface area contributed by atoms with Gasteiger partial charge in [0.25, 0.3) is 0 Å². The second-order valence-electron chi connectivity index (χ2n) is 5.02. The summed E-state index contributed by atoms with van der Waals surface area (Å²) in [5, 5.41) is 9.12. The zero-order chi connectivity index (χ0) is 14.4. The molecule has 20 heavy (non-hydrogen) atoms. The highest BCUT2D eigenvalue weighted by molar-refractivity contribution is 7.85. The Bertz CT molecular complexity index is 463. The van der Waals surface area contributed by atoms with E-state index in [1.54, 1.807) is 12.1 Å². The number of hydrogen-bond donors (Lipinski definition) is 1. The molecule has 1 N–H and O–H groups in total. The lowest BCUT2D eigenvalue weighted by Gasteiger charge is -2.20. The van der Waals surface area contributed by atoms with Gasteiger partial charge in [-0.1, -0.05) is 19.3 Å². The number of carboxylic acids is 1. The van der Waals surface area contributed by atoms with Crippen LogP contribution in [-0.2, 0) is 10.8 Å². The van der Waals surface area contributed by atoms with Gasteiger partial charge in [-0.15, -0.1) is 0 Å². The van der Waals surface area contributed by atoms with E-state index in [1.165, 1.54) is 31.4 Å². The summed E-state index contributed by atoms with van der Waals surface area (Å²) in [6.45, 7) is 0.412. The highest BCUT2D eigenvalue weighted by atomic mass is 32.2. The minimum absolute atomic E-state index is 0.239. The summed E-state index contributed by atoms with van der Waals surface area (Å²) in [7, 11) is -0.811. The predicted molar refractivity (Wildman–Crippen MR) is 78.8 cm³/mol. The molecule has 0 aliphatic heterocycles. The fourth-order valence-electron chi connectivity index (χ4n) is 2.43. The van der Waals surface area contributed by atoms with Crippen LogP contribution < -0.4 is 4.74 Å². The highest BCUT2D eigenvalue weighted by Gasteiger charge is 2.19. The Morgan fingerprint density at radius 2 is 1.85 bits per heavy atom. The lowest BCUT2D eigenvalue weighted by atomic mass is 10.0. The zero-order valence-electron chi connectivity index (χ0n) is 11.4. The van der Waals surface area contributed by atoms with Gasteiger partial charge in [-0.25, -0.2) is 4.79 Å². The molecule has 1 atom stereocenters. The molecule has 0 heterocycles. The molecule has 0 radical (unpaired) electrons. The van der Waals surface area contributed by atoms with E-state index in [9.17, 15) is 9.00 Å². The molecule has 2 rings (SSSR count). The molecule has 0 saturated heterocycles. The molecule has 1 aromatic rings. The normalized spacial score (nSPS) is 17.6. The van der Waals surface area contributed by atoms with Crippen molar-refractivity contribution in [3.8, 4) is 5.75 Å². The largest absolute Gasteiger partial charge is 0.493 e. The van der Waals surface area contributed by atoms with Gasteiger partial charge in [0.1, 0.15) is 5.75 Å². The third kappa shape index (κ3) is 4.34. The van der Waals surface area contributed by atoms with Crippen molar-refractivity contribution in [3.05, 3.63) is 29.8 Å². The lowest BCUT2D eigenvalue weighted by molar-refractivity contribution is 0.0697. The topological polar surface area (TPSA) is 63.6 Å². The van der Waals surface area contributed by atoms with Crippen molar-refractivity contribution in [2.75, 3.05) is 12.4 Å². The fourth-order valence-corrected chi connectivity index (χ4v) is 3.87. The Labute approximate surface area is 121 Å². The smallest absolute Gasteiger partial charge is 0.335 e. The first-order valence-electron chi connectivity index (χ1n) is 7.00. The van der Waals surface area contributed by atoms with Gasteiger partial charge in [0, 0.05) is 16.0 Å². The van der Waals surface area contributed by atoms with E-state index < -0.39 is 16.8 Å². The van der Waals surface area contributed by atoms with Gasteiger partial charge < -0.3 is 9.84 Å². The molecular formula is C15H20O4S. The Morgan fingerprint density at radius 1 is 1.20 bits per heavy atom. The first kappa shape index (κ1) is 15.0. The van der Waals surface area contributed by atoms with Gasteiger partial charge in [-0.05, 0) is 37.1 Å². The van der Waals surface area contributed by atoms with E-state index in [2.05, 4.69) is 0 Å². The lowest BCUT2D eigenvalue weighted by Crippen LogP contribution is -2.23. The third-order valence-electron chi connectivity index (χ3n) is 3.58. The summed E-state index contributed by atoms with van der Waals surface area (Å²) in [5.74, 6) is 0.219. The minimum Gasteiger partial charge on any atom is -0.493 e. The standard InChI is InChI=1S/C15H20O4S/c16-15(17)12-6-8-13(9-7-12)19-10-11-20(18)14-4-2-1-3-5-14/h6-9,14H,1-5,10-11H2,(H,16,17). The summed E-state index contributed by atoms with van der Waals surface area (Å²) < 4.78 is 17.6. The first-order valence-corrected chi connectivity index (χ1v) is 8.38. The number of carboxylic acid groups (broad SMARTS) is 1. The first-order chi connectivity index (χ1) is 9.66. The fraction of sp³-hybridized carbons (Fsp3) is 0.533. The van der Waals surface area contributed by atoms with E-state index in [0.29, 0.717) is 23.4 Å². The highest BCUT2D eigenvalue weighted by Crippen LogP contribution is 2.22. The van der Waals surface area contributed by atoms with Crippen LogP contribution in [0.4, 0.5) is 0 Å². The third-order valence-corrected chi connectivity index (χ3v) is 5.36. The Hall–Kier alpha value is -1.36. The minimum atomic E-state index is -0.949. The molecular weight excluding hydrogens is 276 g/mol. The van der Waals surface area contributed by atoms with Crippen LogP contribution in [0.1, 0.15) is 42.5 Å². The van der Waals surface area contributed by atoms with Crippen molar-refractivity contribution >= 4 is 16.8 Å². The van der Waals surface area contributed by atoms with Gasteiger partial charge in [0.15, 0.2) is 0 Å². The molecule has 0 spiro atoms. The van der Waals surface area contributed by atoms with Crippen molar-refractivity contribution in [1.29, 1.82) is 0 Å². The molecule has 0 bridgehead atoms. The van der Waals surface area contributed by atoms with Crippen LogP contribution in [-0.4, -0.2) is 32.9 Å². The van der Waals surface area contributed by atoms with E-state index in [-0.39, 0.29) is 5.56 Å². The van der Waals surface area contributed by atoms with Gasteiger partial charge >= 0.3 is 5.97 Å². The predicted octanol–water partition coefficient (Wildman–Crippen LogP) is 2.85. The van der Waals surface area contributed by atoms with Gasteiger partial charge in [0.2, 0.25) is 0 Å². The van der Waals surface area contributed by atoms with Crippen LogP contribution in [0.15, 0.2) is 24.3 Å². The maximum atomic E-state index is 12.1. The van der Waals surface area contributed by atoms with Crippen LogP contribution in [0.25, 0.3) is 0 Å². The number of aromatic carboxylic acids is 1. The molecule has 4 nitrogen and oxygen atoms in total. The van der Waals surface area contributed by atoms with Crippen LogP contribution in [0.5, 0.6) is 5.75 Å². The van der Waals surface area contributed by atoms with Crippen LogP contribution >= 0.6 is 0 Å². The van der Waals surface area contributed by atoms with E-state index in [0.717, 1.165) is 12.8 Å². The number of benzene rings is 1. The molecule has 0 amide bonds. The maximum Gasteiger partial charge on any atom is 0.335 e. The average Bonchev–Trinajstić information content (AvgIpc) is 2.48. The van der Waals surface area contributed by atoms with Gasteiger partial charge in [-0.3, -0.25) is 4.21 Å². The second kappa shape index (κ2) is 7.43. The summed E-state index contributed by atoms with van der Waals surface area (Å²) >= 11 is 0. The maximum absolute atomic E-state index is 12.1.